The van der Waals surface area contributed by atoms with E-state index in [0.717, 1.165) is 67.9 Å². The van der Waals surface area contributed by atoms with Crippen molar-refractivity contribution in [1.82, 2.24) is 10.2 Å². The summed E-state index contributed by atoms with van der Waals surface area (Å²) < 4.78 is 10.6. The van der Waals surface area contributed by atoms with Gasteiger partial charge in [-0.15, -0.1) is 12.4 Å². The fraction of sp³-hybridized carbons (Fsp3) is 0.611. The maximum Gasteiger partial charge on any atom is 0.227 e. The summed E-state index contributed by atoms with van der Waals surface area (Å²) >= 11 is 0. The smallest absolute Gasteiger partial charge is 0.227 e. The molecule has 6 heteroatoms. The van der Waals surface area contributed by atoms with Crippen molar-refractivity contribution in [1.29, 1.82) is 0 Å². The summed E-state index contributed by atoms with van der Waals surface area (Å²) in [6.45, 7) is 3.95. The molecule has 1 N–H and O–H groups in total. The molecule has 0 radical (unpaired) electrons. The Bertz CT molecular complexity index is 553. The van der Waals surface area contributed by atoms with Crippen molar-refractivity contribution in [2.24, 2.45) is 11.8 Å². The molecule has 2 fully saturated rings. The third kappa shape index (κ3) is 4.14. The van der Waals surface area contributed by atoms with E-state index in [-0.39, 0.29) is 18.3 Å². The largest absolute Gasteiger partial charge is 0.497 e. The minimum atomic E-state index is 0. The van der Waals surface area contributed by atoms with Gasteiger partial charge in [0.15, 0.2) is 0 Å². The quantitative estimate of drug-likeness (QED) is 0.900. The molecule has 2 atom stereocenters. The lowest BCUT2D eigenvalue weighted by Crippen LogP contribution is -2.34. The number of nitrogens with one attached hydrogen (secondary N) is 1. The van der Waals surface area contributed by atoms with Gasteiger partial charge in [0.05, 0.1) is 20.6 Å². The maximum absolute atomic E-state index is 12.7. The normalized spacial score (nSPS) is 23.0. The van der Waals surface area contributed by atoms with Crippen LogP contribution in [0.2, 0.25) is 0 Å². The Morgan fingerprint density at radius 1 is 1.17 bits per heavy atom. The van der Waals surface area contributed by atoms with E-state index in [0.29, 0.717) is 6.42 Å². The van der Waals surface area contributed by atoms with E-state index in [4.69, 9.17) is 9.47 Å². The monoisotopic (exact) mass is 354 g/mol. The Labute approximate surface area is 150 Å². The number of hydrogen-bond acceptors (Lipinski definition) is 4. The van der Waals surface area contributed by atoms with Crippen molar-refractivity contribution in [2.45, 2.75) is 19.3 Å². The summed E-state index contributed by atoms with van der Waals surface area (Å²) in [5.41, 5.74) is 0.892. The number of hydrogen-bond donors (Lipinski definition) is 1. The summed E-state index contributed by atoms with van der Waals surface area (Å²) in [7, 11) is 3.27. The van der Waals surface area contributed by atoms with Crippen molar-refractivity contribution in [3.63, 3.8) is 0 Å². The van der Waals surface area contributed by atoms with Crippen molar-refractivity contribution in [3.05, 3.63) is 23.8 Å². The molecule has 3 rings (SSSR count). The average Bonchev–Trinajstić information content (AvgIpc) is 2.93. The molecule has 24 heavy (non-hydrogen) atoms. The van der Waals surface area contributed by atoms with Gasteiger partial charge in [0.25, 0.3) is 0 Å². The van der Waals surface area contributed by atoms with Crippen LogP contribution >= 0.6 is 12.4 Å². The van der Waals surface area contributed by atoms with Crippen molar-refractivity contribution in [2.75, 3.05) is 40.4 Å². The first-order valence-electron chi connectivity index (χ1n) is 8.40. The van der Waals surface area contributed by atoms with Gasteiger partial charge in [-0.1, -0.05) is 0 Å². The zero-order chi connectivity index (χ0) is 16.2. The number of amides is 1. The van der Waals surface area contributed by atoms with Crippen molar-refractivity contribution in [3.8, 4) is 11.5 Å². The Hall–Kier alpha value is -1.46. The molecule has 2 heterocycles. The summed E-state index contributed by atoms with van der Waals surface area (Å²) in [5, 5.41) is 3.47. The third-order valence-electron chi connectivity index (χ3n) is 5.20. The molecular weight excluding hydrogens is 328 g/mol. The van der Waals surface area contributed by atoms with Gasteiger partial charge in [0.2, 0.25) is 5.91 Å². The summed E-state index contributed by atoms with van der Waals surface area (Å²) in [5.74, 6) is 3.16. The molecule has 0 aromatic heterocycles. The highest BCUT2D eigenvalue weighted by molar-refractivity contribution is 5.85. The first-order valence-corrected chi connectivity index (χ1v) is 8.40. The molecule has 0 unspecified atom stereocenters. The first-order chi connectivity index (χ1) is 11.2. The SMILES string of the molecule is COc1ccc(OC)c(CC(=O)N2CC[C@@H]3CNC[C@@H]3CC2)c1.Cl. The molecule has 5 nitrogen and oxygen atoms in total. The number of benzene rings is 1. The number of methoxy groups -OCH3 is 2. The fourth-order valence-corrected chi connectivity index (χ4v) is 3.76. The van der Waals surface area contributed by atoms with Crippen LogP contribution < -0.4 is 14.8 Å². The van der Waals surface area contributed by atoms with Gasteiger partial charge in [-0.3, -0.25) is 4.79 Å². The Kier molecular flexibility index (Phi) is 6.75. The zero-order valence-electron chi connectivity index (χ0n) is 14.4. The second-order valence-electron chi connectivity index (χ2n) is 6.49. The summed E-state index contributed by atoms with van der Waals surface area (Å²) in [6, 6.07) is 5.61. The number of halogens is 1. The van der Waals surface area contributed by atoms with Crippen LogP contribution in [0.15, 0.2) is 18.2 Å². The van der Waals surface area contributed by atoms with E-state index in [1.807, 2.05) is 23.1 Å². The minimum absolute atomic E-state index is 0. The summed E-state index contributed by atoms with van der Waals surface area (Å²) in [4.78, 5) is 14.7. The van der Waals surface area contributed by atoms with E-state index in [9.17, 15) is 4.79 Å². The molecule has 2 aliphatic heterocycles. The molecule has 0 aliphatic carbocycles. The summed E-state index contributed by atoms with van der Waals surface area (Å²) in [6.07, 6.45) is 2.59. The van der Waals surface area contributed by atoms with Gasteiger partial charge >= 0.3 is 0 Å². The van der Waals surface area contributed by atoms with Gasteiger partial charge < -0.3 is 19.7 Å². The molecule has 1 amide bonds. The highest BCUT2D eigenvalue weighted by Gasteiger charge is 2.31. The van der Waals surface area contributed by atoms with Crippen LogP contribution in [0.3, 0.4) is 0 Å². The second-order valence-corrected chi connectivity index (χ2v) is 6.49. The second kappa shape index (κ2) is 8.58. The highest BCUT2D eigenvalue weighted by atomic mass is 35.5. The molecule has 1 aromatic carbocycles. The van der Waals surface area contributed by atoms with E-state index >= 15 is 0 Å². The zero-order valence-corrected chi connectivity index (χ0v) is 15.2. The van der Waals surface area contributed by atoms with E-state index in [1.165, 1.54) is 0 Å². The number of carbonyl (C=O) groups excluding carboxylic acids is 1. The molecule has 0 spiro atoms. The number of ether oxygens (including phenoxy) is 2. The van der Waals surface area contributed by atoms with Gasteiger partial charge in [0, 0.05) is 18.7 Å². The van der Waals surface area contributed by atoms with Crippen molar-refractivity contribution < 1.29 is 14.3 Å². The van der Waals surface area contributed by atoms with Gasteiger partial charge in [-0.05, 0) is 56.0 Å². The Morgan fingerprint density at radius 3 is 2.42 bits per heavy atom. The molecule has 0 bridgehead atoms. The maximum atomic E-state index is 12.7. The van der Waals surface area contributed by atoms with Crippen LogP contribution in [0.25, 0.3) is 0 Å². The average molecular weight is 355 g/mol. The number of nitrogens with zero attached hydrogens (tertiary/aromatic N) is 1. The van der Waals surface area contributed by atoms with Crippen LogP contribution in [-0.4, -0.2) is 51.2 Å². The topological polar surface area (TPSA) is 50.8 Å². The van der Waals surface area contributed by atoms with Crippen LogP contribution in [0.4, 0.5) is 0 Å². The Balaban J connectivity index is 0.00000208. The van der Waals surface area contributed by atoms with Crippen LogP contribution in [0, 0.1) is 11.8 Å². The molecular formula is C18H27ClN2O3. The van der Waals surface area contributed by atoms with Crippen LogP contribution in [-0.2, 0) is 11.2 Å². The molecule has 1 aromatic rings. The van der Waals surface area contributed by atoms with Gasteiger partial charge in [-0.25, -0.2) is 0 Å². The van der Waals surface area contributed by atoms with Crippen molar-refractivity contribution >= 4 is 18.3 Å². The molecule has 0 saturated carbocycles. The first kappa shape index (κ1) is 18.9. The highest BCUT2D eigenvalue weighted by Crippen LogP contribution is 2.28. The molecule has 2 saturated heterocycles. The standard InChI is InChI=1S/C18H26N2O3.ClH/c1-22-16-3-4-17(23-2)15(9-16)10-18(21)20-7-5-13-11-19-12-14(13)6-8-20;/h3-4,9,13-14,19H,5-8,10-12H2,1-2H3;1H/t13-,14+;. The van der Waals surface area contributed by atoms with E-state index < -0.39 is 0 Å². The number of carbonyl (C=O) groups is 1. The molecule has 134 valence electrons. The number of fused-ring (bicyclic) bond motifs is 1. The predicted molar refractivity (Wildman–Crippen MR) is 96.2 cm³/mol. The van der Waals surface area contributed by atoms with Gasteiger partial charge in [0.1, 0.15) is 11.5 Å². The molecule has 2 aliphatic rings. The number of likely N-dealkylation sites (tertiary alicyclic amines) is 1. The van der Waals surface area contributed by atoms with Gasteiger partial charge in [-0.2, -0.15) is 0 Å². The minimum Gasteiger partial charge on any atom is -0.497 e. The Morgan fingerprint density at radius 2 is 1.83 bits per heavy atom. The van der Waals surface area contributed by atoms with Crippen LogP contribution in [0.5, 0.6) is 11.5 Å². The van der Waals surface area contributed by atoms with E-state index in [2.05, 4.69) is 5.32 Å². The predicted octanol–water partition coefficient (Wildman–Crippen LogP) is 2.13. The lowest BCUT2D eigenvalue weighted by atomic mass is 9.92. The lowest BCUT2D eigenvalue weighted by Gasteiger charge is -2.21. The van der Waals surface area contributed by atoms with E-state index in [1.54, 1.807) is 14.2 Å². The van der Waals surface area contributed by atoms with Crippen LogP contribution in [0.1, 0.15) is 18.4 Å². The third-order valence-corrected chi connectivity index (χ3v) is 5.20. The number of rotatable bonds is 4. The fourth-order valence-electron chi connectivity index (χ4n) is 3.76. The lowest BCUT2D eigenvalue weighted by molar-refractivity contribution is -0.130.